The lowest BCUT2D eigenvalue weighted by Crippen LogP contribution is -2.58. The van der Waals surface area contributed by atoms with Gasteiger partial charge in [-0.25, -0.2) is 19.2 Å². The summed E-state index contributed by atoms with van der Waals surface area (Å²) in [5.41, 5.74) is 0.409. The lowest BCUT2D eigenvalue weighted by atomic mass is 9.85. The van der Waals surface area contributed by atoms with E-state index in [0.29, 0.717) is 28.9 Å². The van der Waals surface area contributed by atoms with Crippen LogP contribution in [0.2, 0.25) is 0 Å². The second-order valence-corrected chi connectivity index (χ2v) is 13.8. The van der Waals surface area contributed by atoms with E-state index in [9.17, 15) is 14.4 Å². The summed E-state index contributed by atoms with van der Waals surface area (Å²) in [7, 11) is 1.56. The SMILES string of the molecule is COc1ccc2nc3c(nc2c1)O[C@H]1CN(C(=O)[C@H](C(C)(C)C)NC(=O)O[C@]2(C)CCC[C@H]2CCCCC3)C(C(C)=O)[C@@H]1F. The van der Waals surface area contributed by atoms with Crippen LogP contribution in [0.1, 0.15) is 85.3 Å². The summed E-state index contributed by atoms with van der Waals surface area (Å²) in [4.78, 5) is 50.9. The highest BCUT2D eigenvalue weighted by Gasteiger charge is 2.52. The summed E-state index contributed by atoms with van der Waals surface area (Å²) >= 11 is 0. The number of carbonyl (C=O) groups is 3. The highest BCUT2D eigenvalue weighted by molar-refractivity contribution is 5.93. The van der Waals surface area contributed by atoms with Crippen molar-refractivity contribution in [3.63, 3.8) is 0 Å². The third-order valence-corrected chi connectivity index (χ3v) is 9.50. The van der Waals surface area contributed by atoms with E-state index < -0.39 is 53.2 Å². The first-order chi connectivity index (χ1) is 20.8. The Balaban J connectivity index is 1.54. The van der Waals surface area contributed by atoms with Crippen LogP contribution in [-0.4, -0.2) is 76.3 Å². The Kier molecular flexibility index (Phi) is 9.05. The van der Waals surface area contributed by atoms with E-state index in [1.54, 1.807) is 13.2 Å². The van der Waals surface area contributed by atoms with Crippen LogP contribution in [0.5, 0.6) is 11.6 Å². The zero-order valence-corrected chi connectivity index (χ0v) is 26.7. The number of rotatable bonds is 2. The molecule has 1 unspecified atom stereocenters. The van der Waals surface area contributed by atoms with Crippen LogP contribution in [0.3, 0.4) is 0 Å². The molecule has 1 aromatic heterocycles. The maximum absolute atomic E-state index is 16.1. The van der Waals surface area contributed by atoms with E-state index >= 15 is 4.39 Å². The van der Waals surface area contributed by atoms with Crippen LogP contribution < -0.4 is 14.8 Å². The van der Waals surface area contributed by atoms with Gasteiger partial charge in [-0.1, -0.05) is 33.6 Å². The number of halogens is 1. The third-order valence-electron chi connectivity index (χ3n) is 9.50. The van der Waals surface area contributed by atoms with Gasteiger partial charge in [-0.05, 0) is 75.8 Å². The van der Waals surface area contributed by atoms with Crippen molar-refractivity contribution in [1.82, 2.24) is 20.2 Å². The second-order valence-electron chi connectivity index (χ2n) is 13.8. The van der Waals surface area contributed by atoms with Crippen molar-refractivity contribution in [1.29, 1.82) is 0 Å². The Morgan fingerprint density at radius 3 is 2.57 bits per heavy atom. The second kappa shape index (κ2) is 12.5. The number of benzene rings is 1. The Morgan fingerprint density at radius 2 is 1.86 bits per heavy atom. The number of ether oxygens (including phenoxy) is 3. The smallest absolute Gasteiger partial charge is 0.408 e. The number of alkyl carbamates (subject to hydrolysis) is 1. The predicted octanol–water partition coefficient (Wildman–Crippen LogP) is 5.34. The molecule has 240 valence electrons. The minimum atomic E-state index is -1.81. The van der Waals surface area contributed by atoms with Crippen molar-refractivity contribution >= 4 is 28.8 Å². The van der Waals surface area contributed by atoms with E-state index in [1.807, 2.05) is 39.8 Å². The Bertz CT molecular complexity index is 1410. The number of ketones is 1. The van der Waals surface area contributed by atoms with Crippen LogP contribution in [0.15, 0.2) is 18.2 Å². The number of methoxy groups -OCH3 is 1. The van der Waals surface area contributed by atoms with E-state index in [-0.39, 0.29) is 18.3 Å². The number of hydrogen-bond donors (Lipinski definition) is 1. The first-order valence-corrected chi connectivity index (χ1v) is 15.8. The molecule has 2 aromatic rings. The van der Waals surface area contributed by atoms with Gasteiger partial charge in [0.1, 0.15) is 29.1 Å². The van der Waals surface area contributed by atoms with Crippen molar-refractivity contribution in [3.05, 3.63) is 23.9 Å². The van der Waals surface area contributed by atoms with E-state index in [1.165, 1.54) is 11.8 Å². The van der Waals surface area contributed by atoms with Gasteiger partial charge in [0.2, 0.25) is 11.8 Å². The molecular weight excluding hydrogens is 567 g/mol. The minimum absolute atomic E-state index is 0.188. The van der Waals surface area contributed by atoms with Crippen LogP contribution >= 0.6 is 0 Å². The molecule has 6 atom stereocenters. The predicted molar refractivity (Wildman–Crippen MR) is 162 cm³/mol. The van der Waals surface area contributed by atoms with Gasteiger partial charge < -0.3 is 24.4 Å². The Hall–Kier alpha value is -3.50. The molecule has 0 radical (unpaired) electrons. The summed E-state index contributed by atoms with van der Waals surface area (Å²) in [5, 5.41) is 2.79. The molecular formula is C33H45FN4O6. The molecule has 5 rings (SSSR count). The summed E-state index contributed by atoms with van der Waals surface area (Å²) in [6, 6.07) is 2.95. The van der Waals surface area contributed by atoms with Gasteiger partial charge in [0.05, 0.1) is 24.7 Å². The van der Waals surface area contributed by atoms with Crippen LogP contribution in [-0.2, 0) is 20.7 Å². The molecule has 10 nitrogen and oxygen atoms in total. The lowest BCUT2D eigenvalue weighted by molar-refractivity contribution is -0.141. The van der Waals surface area contributed by atoms with E-state index in [2.05, 4.69) is 5.32 Å². The fourth-order valence-corrected chi connectivity index (χ4v) is 6.96. The van der Waals surface area contributed by atoms with Crippen molar-refractivity contribution in [2.45, 2.75) is 116 Å². The standard InChI is InChI=1S/C33H45FN4O6/c1-19(39)27-26(34)25-18-38(27)30(40)28(32(2,3)4)37-31(41)44-33(5)16-10-12-20(33)11-8-7-9-13-23-29(43-25)36-24-17-21(42-6)14-15-22(24)35-23/h14-15,17,20,25-28H,7-13,16,18H2,1-6H3,(H,37,41)/t20-,25+,26-,27?,28-,33-/m1/s1. The molecule has 3 aliphatic rings. The maximum atomic E-state index is 16.1. The number of hydrogen-bond acceptors (Lipinski definition) is 8. The molecule has 1 N–H and O–H groups in total. The first kappa shape index (κ1) is 31.9. The number of alkyl halides is 1. The average molecular weight is 613 g/mol. The van der Waals surface area contributed by atoms with Gasteiger partial charge in [-0.3, -0.25) is 9.59 Å². The topological polar surface area (TPSA) is 120 Å². The molecule has 0 spiro atoms. The van der Waals surface area contributed by atoms with E-state index in [4.69, 9.17) is 24.2 Å². The summed E-state index contributed by atoms with van der Waals surface area (Å²) in [5.74, 6) is -0.0727. The monoisotopic (exact) mass is 612 g/mol. The molecule has 1 aliphatic carbocycles. The number of nitrogens with one attached hydrogen (secondary N) is 1. The van der Waals surface area contributed by atoms with Gasteiger partial charge >= 0.3 is 6.09 Å². The molecule has 2 fully saturated rings. The number of amides is 2. The van der Waals surface area contributed by atoms with Crippen molar-refractivity contribution < 1.29 is 33.0 Å². The average Bonchev–Trinajstić information content (AvgIpc) is 3.48. The maximum Gasteiger partial charge on any atom is 0.408 e. The van der Waals surface area contributed by atoms with Gasteiger partial charge in [0.25, 0.3) is 0 Å². The number of Topliss-reactive ketones (excluding diaryl/α,β-unsaturated/α-hetero) is 1. The third kappa shape index (κ3) is 6.47. The fraction of sp³-hybridized carbons (Fsp3) is 0.667. The number of fused-ring (bicyclic) bond motifs is 5. The molecule has 3 heterocycles. The van der Waals surface area contributed by atoms with Crippen LogP contribution in [0.4, 0.5) is 9.18 Å². The van der Waals surface area contributed by atoms with Gasteiger partial charge in [0, 0.05) is 6.07 Å². The molecule has 1 saturated carbocycles. The van der Waals surface area contributed by atoms with Crippen molar-refractivity contribution in [3.8, 4) is 11.6 Å². The quantitative estimate of drug-likeness (QED) is 0.483. The number of nitrogens with zero attached hydrogens (tertiary/aromatic N) is 3. The normalized spacial score (nSPS) is 30.3. The molecule has 1 aromatic carbocycles. The Morgan fingerprint density at radius 1 is 1.11 bits per heavy atom. The minimum Gasteiger partial charge on any atom is -0.497 e. The summed E-state index contributed by atoms with van der Waals surface area (Å²) in [6.07, 6.45) is 3.21. The van der Waals surface area contributed by atoms with Gasteiger partial charge in [-0.15, -0.1) is 0 Å². The first-order valence-electron chi connectivity index (χ1n) is 15.8. The number of aromatic nitrogens is 2. The summed E-state index contributed by atoms with van der Waals surface area (Å²) < 4.78 is 33.7. The van der Waals surface area contributed by atoms with Gasteiger partial charge in [0.15, 0.2) is 18.1 Å². The van der Waals surface area contributed by atoms with Gasteiger partial charge in [-0.2, -0.15) is 0 Å². The molecule has 44 heavy (non-hydrogen) atoms. The molecule has 2 aliphatic heterocycles. The highest BCUT2D eigenvalue weighted by Crippen LogP contribution is 2.42. The zero-order chi connectivity index (χ0) is 31.8. The molecule has 2 amide bonds. The van der Waals surface area contributed by atoms with Crippen LogP contribution in [0, 0.1) is 11.3 Å². The van der Waals surface area contributed by atoms with Crippen molar-refractivity contribution in [2.24, 2.45) is 11.3 Å². The molecule has 11 heteroatoms. The number of carbonyl (C=O) groups excluding carboxylic acids is 3. The summed E-state index contributed by atoms with van der Waals surface area (Å²) in [6.45, 7) is 8.49. The Labute approximate surface area is 258 Å². The fourth-order valence-electron chi connectivity index (χ4n) is 6.96. The lowest BCUT2D eigenvalue weighted by Gasteiger charge is -2.37. The van der Waals surface area contributed by atoms with E-state index in [0.717, 1.165) is 44.9 Å². The number of aryl methyl sites for hydroxylation is 1. The molecule has 2 bridgehead atoms. The zero-order valence-electron chi connectivity index (χ0n) is 26.7. The molecule has 1 saturated heterocycles. The van der Waals surface area contributed by atoms with Crippen molar-refractivity contribution in [2.75, 3.05) is 13.7 Å². The largest absolute Gasteiger partial charge is 0.497 e. The van der Waals surface area contributed by atoms with Crippen LogP contribution in [0.25, 0.3) is 11.0 Å². The highest BCUT2D eigenvalue weighted by atomic mass is 19.1.